The van der Waals surface area contributed by atoms with Gasteiger partial charge in [0.25, 0.3) is 0 Å². The van der Waals surface area contributed by atoms with Crippen molar-refractivity contribution in [3.8, 4) is 0 Å². The van der Waals surface area contributed by atoms with Crippen LogP contribution in [-0.2, 0) is 21.7 Å². The topological polar surface area (TPSA) is 12.5 Å². The van der Waals surface area contributed by atoms with E-state index >= 15 is 0 Å². The second-order valence-electron chi connectivity index (χ2n) is 23.3. The largest absolute Gasteiger partial charge is 0.347 e. The Labute approximate surface area is 438 Å². The third-order valence-corrected chi connectivity index (χ3v) is 19.2. The van der Waals surface area contributed by atoms with Gasteiger partial charge in [0.15, 0.2) is 11.4 Å². The predicted octanol–water partition coefficient (Wildman–Crippen LogP) is 16.8. The Hall–Kier alpha value is -7.30. The normalized spacial score (nSPS) is 25.0. The van der Waals surface area contributed by atoms with Crippen molar-refractivity contribution in [3.05, 3.63) is 216 Å². The van der Waals surface area contributed by atoms with Crippen LogP contribution in [0.25, 0.3) is 43.1 Å². The van der Waals surface area contributed by atoms with Crippen molar-refractivity contribution < 1.29 is 9.15 Å². The first-order chi connectivity index (χ1) is 35.9. The van der Waals surface area contributed by atoms with Crippen LogP contribution in [0.2, 0.25) is 0 Å². The molecule has 4 unspecified atom stereocenters. The molecule has 368 valence electrons. The molecule has 0 aromatic heterocycles. The third-order valence-electron chi connectivity index (χ3n) is 19.2. The van der Waals surface area contributed by atoms with E-state index in [4.69, 9.17) is 0 Å². The molecule has 0 radical (unpaired) electrons. The lowest BCUT2D eigenvalue weighted by molar-refractivity contribution is -0.401. The standard InChI is InChI=1S/C70H70N4/c1-67-43-17-18-44-68(2)61(73(7)56-40-36-48-24-10-14-28-52(48)64(56)68)33-22-34-62-70(4,66-54-30-16-12-26-50(54)38-42-58(66)74(62)8)46-20-19-45-69(3)60(72(6)57-41-37-49-25-11-15-29-53(49)65(57)69)32-21-31-59(67)71(5)55-39-35-47-23-9-13-27-51(47)63(55)67/h9-16,21-42H,17-20,43-46H2,1-8H3/q+2. The summed E-state index contributed by atoms with van der Waals surface area (Å²) in [6.07, 6.45) is 23.3. The molecule has 0 saturated heterocycles. The monoisotopic (exact) mass is 967 g/mol. The van der Waals surface area contributed by atoms with Crippen LogP contribution < -0.4 is 9.80 Å². The summed E-state index contributed by atoms with van der Waals surface area (Å²) in [4.78, 5) is 5.01. The molecular formula is C70H70N4+2. The van der Waals surface area contributed by atoms with Gasteiger partial charge in [-0.3, -0.25) is 0 Å². The predicted molar refractivity (Wildman–Crippen MR) is 315 cm³/mol. The van der Waals surface area contributed by atoms with Crippen molar-refractivity contribution in [2.24, 2.45) is 0 Å². The van der Waals surface area contributed by atoms with E-state index in [2.05, 4.69) is 257 Å². The number of allylic oxidation sites excluding steroid dienone is 8. The van der Waals surface area contributed by atoms with Gasteiger partial charge in [0.1, 0.15) is 14.1 Å². The summed E-state index contributed by atoms with van der Waals surface area (Å²) in [6.45, 7) is 10.2. The van der Waals surface area contributed by atoms with Crippen LogP contribution in [-0.4, -0.2) is 48.8 Å². The van der Waals surface area contributed by atoms with Gasteiger partial charge in [-0.15, -0.1) is 0 Å². The summed E-state index contributed by atoms with van der Waals surface area (Å²) >= 11 is 0. The number of nitrogens with zero attached hydrogens (tertiary/aromatic N) is 4. The average Bonchev–Trinajstić information content (AvgIpc) is 3.96. The Balaban J connectivity index is 0.973. The van der Waals surface area contributed by atoms with Crippen LogP contribution in [0, 0.1) is 0 Å². The minimum Gasteiger partial charge on any atom is -0.347 e. The molecule has 8 aromatic rings. The van der Waals surface area contributed by atoms with Crippen molar-refractivity contribution in [2.75, 3.05) is 38.0 Å². The molecule has 0 saturated carbocycles. The highest BCUT2D eigenvalue weighted by Crippen LogP contribution is 2.56. The number of fused-ring (bicyclic) bond motifs is 20. The van der Waals surface area contributed by atoms with E-state index in [9.17, 15) is 0 Å². The fraction of sp³-hybridized carbons (Fsp3) is 0.286. The van der Waals surface area contributed by atoms with Crippen LogP contribution in [0.4, 0.5) is 22.7 Å². The number of likely N-dealkylation sites (N-methyl/N-ethyl adjacent to an activating group) is 2. The third kappa shape index (κ3) is 6.65. The molecule has 4 heteroatoms. The van der Waals surface area contributed by atoms with E-state index in [1.54, 1.807) is 0 Å². The maximum Gasteiger partial charge on any atom is 0.210 e. The Morgan fingerprint density at radius 1 is 0.365 bits per heavy atom. The number of benzene rings is 8. The van der Waals surface area contributed by atoms with Gasteiger partial charge in [-0.25, -0.2) is 0 Å². The number of rotatable bonds is 0. The first-order valence-corrected chi connectivity index (χ1v) is 27.4. The van der Waals surface area contributed by atoms with E-state index < -0.39 is 0 Å². The Bertz CT molecular complexity index is 3630. The summed E-state index contributed by atoms with van der Waals surface area (Å²) in [5.41, 5.74) is 15.9. The van der Waals surface area contributed by atoms with Crippen molar-refractivity contribution in [3.63, 3.8) is 0 Å². The van der Waals surface area contributed by atoms with Gasteiger partial charge in [-0.05, 0) is 144 Å². The fourth-order valence-corrected chi connectivity index (χ4v) is 15.6. The maximum absolute atomic E-state index is 2.54. The van der Waals surface area contributed by atoms with Crippen LogP contribution in [0.3, 0.4) is 0 Å². The minimum atomic E-state index is -0.194. The molecule has 0 bridgehead atoms. The molecule has 5 aliphatic rings. The summed E-state index contributed by atoms with van der Waals surface area (Å²) in [5.74, 6) is 0. The Kier molecular flexibility index (Phi) is 10.8. The van der Waals surface area contributed by atoms with Gasteiger partial charge < -0.3 is 9.80 Å². The molecule has 74 heavy (non-hydrogen) atoms. The van der Waals surface area contributed by atoms with Gasteiger partial charge >= 0.3 is 0 Å². The summed E-state index contributed by atoms with van der Waals surface area (Å²) in [7, 11) is 9.22. The first-order valence-electron chi connectivity index (χ1n) is 27.4. The fourth-order valence-electron chi connectivity index (χ4n) is 15.6. The number of hydrogen-bond donors (Lipinski definition) is 0. The molecule has 1 aliphatic carbocycles. The Morgan fingerprint density at radius 3 is 1.04 bits per heavy atom. The lowest BCUT2D eigenvalue weighted by atomic mass is 9.71. The molecule has 4 heterocycles. The molecule has 8 aromatic carbocycles. The molecule has 0 amide bonds. The van der Waals surface area contributed by atoms with E-state index in [0.717, 1.165) is 51.4 Å². The highest BCUT2D eigenvalue weighted by atomic mass is 15.2. The average molecular weight is 967 g/mol. The molecule has 13 rings (SSSR count). The maximum atomic E-state index is 2.54. The first kappa shape index (κ1) is 46.5. The van der Waals surface area contributed by atoms with E-state index in [1.165, 1.54) is 111 Å². The minimum absolute atomic E-state index is 0.194. The quantitative estimate of drug-likeness (QED) is 0.140. The van der Waals surface area contributed by atoms with Crippen LogP contribution in [0.5, 0.6) is 0 Å². The SMILES string of the molecule is CN1C2=CC=CC3=[N+](C)c4ccc5ccccc5c4C3(C)CCCCC3(C)C(=[N+](C)c4ccc5ccccc5c43)C=CC=C3N(C)c4ccc5ccccc5c4C3(C)CCCCC2(C)c2c1ccc1ccccc21. The van der Waals surface area contributed by atoms with E-state index in [-0.39, 0.29) is 21.7 Å². The highest BCUT2D eigenvalue weighted by Gasteiger charge is 2.51. The van der Waals surface area contributed by atoms with E-state index in [1.807, 2.05) is 0 Å². The van der Waals surface area contributed by atoms with Gasteiger partial charge in [0.05, 0.1) is 10.8 Å². The van der Waals surface area contributed by atoms with Gasteiger partial charge in [0, 0.05) is 83.1 Å². The zero-order chi connectivity index (χ0) is 50.7. The molecule has 4 atom stereocenters. The zero-order valence-electron chi connectivity index (χ0n) is 44.8. The molecule has 0 N–H and O–H groups in total. The highest BCUT2D eigenvalue weighted by molar-refractivity contribution is 6.09. The van der Waals surface area contributed by atoms with Crippen LogP contribution in [0.1, 0.15) is 101 Å². The van der Waals surface area contributed by atoms with Crippen molar-refractivity contribution >= 4 is 77.3 Å². The lowest BCUT2D eigenvalue weighted by Gasteiger charge is -2.32. The van der Waals surface area contributed by atoms with Gasteiger partial charge in [-0.2, -0.15) is 9.15 Å². The summed E-state index contributed by atoms with van der Waals surface area (Å²) in [5, 5.41) is 10.7. The molecule has 0 fully saturated rings. The second kappa shape index (κ2) is 17.1. The smallest absolute Gasteiger partial charge is 0.210 e. The molecular weight excluding hydrogens is 897 g/mol. The number of anilines is 2. The summed E-state index contributed by atoms with van der Waals surface area (Å²) in [6, 6.07) is 55.0. The number of hydrogen-bond acceptors (Lipinski definition) is 2. The Morgan fingerprint density at radius 2 is 0.676 bits per heavy atom. The van der Waals surface area contributed by atoms with E-state index in [0.29, 0.717) is 0 Å². The molecule has 4 aliphatic heterocycles. The molecule has 0 spiro atoms. The van der Waals surface area contributed by atoms with Gasteiger partial charge in [-0.1, -0.05) is 147 Å². The van der Waals surface area contributed by atoms with Crippen LogP contribution >= 0.6 is 0 Å². The van der Waals surface area contributed by atoms with Crippen molar-refractivity contribution in [1.29, 1.82) is 0 Å². The van der Waals surface area contributed by atoms with Crippen LogP contribution in [0.15, 0.2) is 193 Å². The van der Waals surface area contributed by atoms with Gasteiger partial charge in [0.2, 0.25) is 11.4 Å². The van der Waals surface area contributed by atoms with Crippen molar-refractivity contribution in [1.82, 2.24) is 0 Å². The molecule has 4 nitrogen and oxygen atoms in total. The lowest BCUT2D eigenvalue weighted by Crippen LogP contribution is -2.32. The summed E-state index contributed by atoms with van der Waals surface area (Å²) < 4.78 is 5.01. The van der Waals surface area contributed by atoms with Crippen molar-refractivity contribution in [2.45, 2.75) is 101 Å². The zero-order valence-corrected chi connectivity index (χ0v) is 44.8. The second-order valence-corrected chi connectivity index (χ2v) is 23.3.